The summed E-state index contributed by atoms with van der Waals surface area (Å²) in [7, 11) is 0. The van der Waals surface area contributed by atoms with Crippen LogP contribution >= 0.6 is 0 Å². The second-order valence-electron chi connectivity index (χ2n) is 10.3. The van der Waals surface area contributed by atoms with Gasteiger partial charge < -0.3 is 10.2 Å². The SMILES string of the molecule is CCC(CC)(c1ccc(CCCO)c(C)c1)c1ccc(CCC(O)C(C)(C)C)c(C)c1. The van der Waals surface area contributed by atoms with Crippen molar-refractivity contribution in [3.63, 3.8) is 0 Å². The van der Waals surface area contributed by atoms with Crippen LogP contribution in [0.3, 0.4) is 0 Å². The third kappa shape index (κ3) is 5.99. The lowest BCUT2D eigenvalue weighted by molar-refractivity contribution is 0.0560. The highest BCUT2D eigenvalue weighted by atomic mass is 16.3. The van der Waals surface area contributed by atoms with Crippen molar-refractivity contribution in [1.82, 2.24) is 0 Å². The second-order valence-corrected chi connectivity index (χ2v) is 10.3. The Bertz CT molecular complexity index is 840. The lowest BCUT2D eigenvalue weighted by Gasteiger charge is -2.34. The molecule has 0 aliphatic heterocycles. The van der Waals surface area contributed by atoms with E-state index < -0.39 is 0 Å². The molecule has 0 spiro atoms. The number of rotatable bonds is 10. The molecule has 0 radical (unpaired) electrons. The van der Waals surface area contributed by atoms with Crippen LogP contribution in [0.4, 0.5) is 0 Å². The molecule has 31 heavy (non-hydrogen) atoms. The van der Waals surface area contributed by atoms with Crippen molar-refractivity contribution in [2.24, 2.45) is 5.41 Å². The van der Waals surface area contributed by atoms with E-state index in [1.807, 2.05) is 0 Å². The average molecular weight is 425 g/mol. The van der Waals surface area contributed by atoms with Gasteiger partial charge >= 0.3 is 0 Å². The Balaban J connectivity index is 2.34. The maximum absolute atomic E-state index is 10.4. The fourth-order valence-electron chi connectivity index (χ4n) is 4.78. The molecule has 0 heterocycles. The van der Waals surface area contributed by atoms with Gasteiger partial charge in [0.2, 0.25) is 0 Å². The van der Waals surface area contributed by atoms with E-state index in [1.165, 1.54) is 33.4 Å². The summed E-state index contributed by atoms with van der Waals surface area (Å²) in [5, 5.41) is 19.6. The predicted molar refractivity (Wildman–Crippen MR) is 133 cm³/mol. The zero-order valence-electron chi connectivity index (χ0n) is 20.9. The van der Waals surface area contributed by atoms with Gasteiger partial charge in [0.15, 0.2) is 0 Å². The summed E-state index contributed by atoms with van der Waals surface area (Å²) in [6, 6.07) is 13.9. The summed E-state index contributed by atoms with van der Waals surface area (Å²) in [4.78, 5) is 0. The number of benzene rings is 2. The highest BCUT2D eigenvalue weighted by molar-refractivity contribution is 5.45. The van der Waals surface area contributed by atoms with Gasteiger partial charge in [-0.2, -0.15) is 0 Å². The molecule has 2 nitrogen and oxygen atoms in total. The van der Waals surface area contributed by atoms with Crippen molar-refractivity contribution in [2.75, 3.05) is 6.61 Å². The van der Waals surface area contributed by atoms with Gasteiger partial charge in [-0.25, -0.2) is 0 Å². The lowest BCUT2D eigenvalue weighted by atomic mass is 9.69. The number of hydrogen-bond acceptors (Lipinski definition) is 2. The average Bonchev–Trinajstić information content (AvgIpc) is 2.73. The third-order valence-corrected chi connectivity index (χ3v) is 7.29. The largest absolute Gasteiger partial charge is 0.396 e. The summed E-state index contributed by atoms with van der Waals surface area (Å²) >= 11 is 0. The molecule has 0 fully saturated rings. The third-order valence-electron chi connectivity index (χ3n) is 7.29. The van der Waals surface area contributed by atoms with Crippen LogP contribution in [0.1, 0.15) is 93.7 Å². The van der Waals surface area contributed by atoms with Gasteiger partial charge in [0.25, 0.3) is 0 Å². The highest BCUT2D eigenvalue weighted by Gasteiger charge is 2.31. The van der Waals surface area contributed by atoms with Crippen molar-refractivity contribution in [1.29, 1.82) is 0 Å². The monoisotopic (exact) mass is 424 g/mol. The highest BCUT2D eigenvalue weighted by Crippen LogP contribution is 2.40. The molecule has 1 atom stereocenters. The molecule has 1 unspecified atom stereocenters. The summed E-state index contributed by atoms with van der Waals surface area (Å²) in [5.74, 6) is 0. The molecular formula is C29H44O2. The Morgan fingerprint density at radius 2 is 1.29 bits per heavy atom. The standard InChI is InChI=1S/C29H44O2/c1-8-29(9-2,25-15-12-23(11-10-18-30)21(3)19-25)26-16-13-24(22(4)20-26)14-17-27(31)28(5,6)7/h12-13,15-16,19-20,27,30-31H,8-11,14,17-18H2,1-7H3. The van der Waals surface area contributed by atoms with Crippen LogP contribution in [-0.4, -0.2) is 22.9 Å². The van der Waals surface area contributed by atoms with Crippen molar-refractivity contribution in [3.05, 3.63) is 69.8 Å². The Labute approximate surface area is 190 Å². The topological polar surface area (TPSA) is 40.5 Å². The van der Waals surface area contributed by atoms with E-state index in [-0.39, 0.29) is 23.5 Å². The molecule has 0 saturated carbocycles. The van der Waals surface area contributed by atoms with E-state index in [0.717, 1.165) is 38.5 Å². The van der Waals surface area contributed by atoms with Crippen LogP contribution in [0.25, 0.3) is 0 Å². The van der Waals surface area contributed by atoms with E-state index >= 15 is 0 Å². The Hall–Kier alpha value is -1.64. The van der Waals surface area contributed by atoms with Gasteiger partial charge in [-0.3, -0.25) is 0 Å². The van der Waals surface area contributed by atoms with Crippen LogP contribution in [0, 0.1) is 19.3 Å². The first kappa shape index (κ1) is 25.6. The molecule has 0 amide bonds. The zero-order valence-corrected chi connectivity index (χ0v) is 20.9. The predicted octanol–water partition coefficient (Wildman–Crippen LogP) is 6.67. The van der Waals surface area contributed by atoms with Crippen molar-refractivity contribution >= 4 is 0 Å². The molecule has 2 N–H and O–H groups in total. The van der Waals surface area contributed by atoms with Crippen molar-refractivity contribution < 1.29 is 10.2 Å². The van der Waals surface area contributed by atoms with Crippen LogP contribution in [0.5, 0.6) is 0 Å². The molecule has 0 aliphatic rings. The Morgan fingerprint density at radius 1 is 0.806 bits per heavy atom. The van der Waals surface area contributed by atoms with Crippen molar-refractivity contribution in [3.8, 4) is 0 Å². The van der Waals surface area contributed by atoms with E-state index in [1.54, 1.807) is 0 Å². The Morgan fingerprint density at radius 3 is 1.68 bits per heavy atom. The summed E-state index contributed by atoms with van der Waals surface area (Å²) in [6.07, 6.45) is 5.28. The molecule has 2 heteroatoms. The van der Waals surface area contributed by atoms with Gasteiger partial charge in [0.1, 0.15) is 0 Å². The summed E-state index contributed by atoms with van der Waals surface area (Å²) < 4.78 is 0. The van der Waals surface area contributed by atoms with Crippen LogP contribution < -0.4 is 0 Å². The zero-order chi connectivity index (χ0) is 23.2. The van der Waals surface area contributed by atoms with E-state index in [0.29, 0.717) is 0 Å². The molecule has 0 saturated heterocycles. The van der Waals surface area contributed by atoms with Gasteiger partial charge in [-0.15, -0.1) is 0 Å². The normalized spacial score (nSPS) is 13.5. The van der Waals surface area contributed by atoms with E-state index in [9.17, 15) is 5.11 Å². The maximum Gasteiger partial charge on any atom is 0.0591 e. The molecular weight excluding hydrogens is 380 g/mol. The number of aryl methyl sites for hydroxylation is 4. The van der Waals surface area contributed by atoms with E-state index in [2.05, 4.69) is 84.9 Å². The van der Waals surface area contributed by atoms with Gasteiger partial charge in [-0.05, 0) is 91.2 Å². The fraction of sp³-hybridized carbons (Fsp3) is 0.586. The first-order valence-electron chi connectivity index (χ1n) is 12.1. The smallest absolute Gasteiger partial charge is 0.0591 e. The second kappa shape index (κ2) is 10.8. The molecule has 0 bridgehead atoms. The van der Waals surface area contributed by atoms with Crippen LogP contribution in [0.15, 0.2) is 36.4 Å². The van der Waals surface area contributed by atoms with Crippen LogP contribution in [0.2, 0.25) is 0 Å². The van der Waals surface area contributed by atoms with Gasteiger partial charge in [-0.1, -0.05) is 71.0 Å². The fourth-order valence-corrected chi connectivity index (χ4v) is 4.78. The summed E-state index contributed by atoms with van der Waals surface area (Å²) in [5.41, 5.74) is 8.02. The van der Waals surface area contributed by atoms with Gasteiger partial charge in [0.05, 0.1) is 6.10 Å². The minimum atomic E-state index is -0.288. The molecule has 2 aromatic rings. The maximum atomic E-state index is 10.4. The van der Waals surface area contributed by atoms with E-state index in [4.69, 9.17) is 5.11 Å². The first-order valence-corrected chi connectivity index (χ1v) is 12.1. The number of aliphatic hydroxyl groups is 2. The minimum Gasteiger partial charge on any atom is -0.396 e. The molecule has 0 aromatic heterocycles. The summed E-state index contributed by atoms with van der Waals surface area (Å²) in [6.45, 7) is 15.5. The first-order chi connectivity index (χ1) is 14.6. The minimum absolute atomic E-state index is 0.00841. The van der Waals surface area contributed by atoms with Gasteiger partial charge in [0, 0.05) is 12.0 Å². The number of hydrogen-bond donors (Lipinski definition) is 2. The molecule has 2 aromatic carbocycles. The lowest BCUT2D eigenvalue weighted by Crippen LogP contribution is -2.27. The molecule has 2 rings (SSSR count). The quantitative estimate of drug-likeness (QED) is 0.447. The van der Waals surface area contributed by atoms with Crippen molar-refractivity contribution in [2.45, 2.75) is 98.5 Å². The molecule has 172 valence electrons. The Kier molecular flexibility index (Phi) is 8.92. The number of aliphatic hydroxyl groups excluding tert-OH is 2. The molecule has 0 aliphatic carbocycles. The van der Waals surface area contributed by atoms with Crippen LogP contribution in [-0.2, 0) is 18.3 Å².